The molecule has 4 rings (SSSR count). The molecule has 0 spiro atoms. The maximum atomic E-state index is 11.8. The van der Waals surface area contributed by atoms with E-state index < -0.39 is 48.4 Å². The molecular weight excluding hydrogens is 576 g/mol. The van der Waals surface area contributed by atoms with E-state index in [0.29, 0.717) is 6.54 Å². The largest absolute Gasteiger partial charge is 0.480 e. The van der Waals surface area contributed by atoms with Gasteiger partial charge in [-0.05, 0) is 16.7 Å². The molecule has 1 saturated carbocycles. The zero-order valence-electron chi connectivity index (χ0n) is 25.0. The monoisotopic (exact) mass is 616 g/mol. The standard InChI is InChI=1S/C34H40N4O7/c35-17-10-18-36-29-32(43-21-24-11-4-1-5-12-24)30(37-19-27(39)40)34(45-23-26-15-8-3-9-16-26)31(38-20-28(41)42)33(29)44-22-25-13-6-2-7-14-25/h1-9,11-16,29-34,36-38H,10,18-23H2,(H,39,40)(H,41,42)/t29?,30-,31+,32-,33+,34?. The van der Waals surface area contributed by atoms with E-state index in [2.05, 4.69) is 22.0 Å². The molecule has 3 aromatic carbocycles. The van der Waals surface area contributed by atoms with Crippen LogP contribution < -0.4 is 16.0 Å². The molecule has 1 aliphatic rings. The number of hydrogen-bond acceptors (Lipinski definition) is 9. The van der Waals surface area contributed by atoms with Gasteiger partial charge in [0.25, 0.3) is 0 Å². The fourth-order valence-electron chi connectivity index (χ4n) is 5.56. The summed E-state index contributed by atoms with van der Waals surface area (Å²) < 4.78 is 19.7. The summed E-state index contributed by atoms with van der Waals surface area (Å²) >= 11 is 0. The number of carbonyl (C=O) groups is 2. The van der Waals surface area contributed by atoms with Gasteiger partial charge in [-0.1, -0.05) is 91.0 Å². The molecule has 5 N–H and O–H groups in total. The predicted octanol–water partition coefficient (Wildman–Crippen LogP) is 2.71. The van der Waals surface area contributed by atoms with Crippen LogP contribution in [-0.2, 0) is 43.6 Å². The van der Waals surface area contributed by atoms with Crippen molar-refractivity contribution in [2.24, 2.45) is 0 Å². The van der Waals surface area contributed by atoms with E-state index in [1.165, 1.54) is 0 Å². The predicted molar refractivity (Wildman–Crippen MR) is 166 cm³/mol. The van der Waals surface area contributed by atoms with E-state index in [4.69, 9.17) is 14.2 Å². The first-order chi connectivity index (χ1) is 22.0. The Morgan fingerprint density at radius 2 is 0.933 bits per heavy atom. The fraction of sp³-hybridized carbons (Fsp3) is 0.382. The number of carboxylic acid groups (broad SMARTS) is 2. The number of aliphatic carboxylic acids is 2. The van der Waals surface area contributed by atoms with Crippen molar-refractivity contribution >= 4 is 11.9 Å². The number of ether oxygens (including phenoxy) is 3. The third-order valence-corrected chi connectivity index (χ3v) is 7.57. The second-order valence-electron chi connectivity index (χ2n) is 10.8. The highest BCUT2D eigenvalue weighted by atomic mass is 16.5. The van der Waals surface area contributed by atoms with Gasteiger partial charge in [0.15, 0.2) is 0 Å². The normalized spacial score (nSPS) is 22.8. The average molecular weight is 617 g/mol. The van der Waals surface area contributed by atoms with Crippen LogP contribution in [0.1, 0.15) is 23.1 Å². The summed E-state index contributed by atoms with van der Waals surface area (Å²) in [7, 11) is 0. The summed E-state index contributed by atoms with van der Waals surface area (Å²) in [5.41, 5.74) is 2.73. The summed E-state index contributed by atoms with van der Waals surface area (Å²) in [6, 6.07) is 28.9. The van der Waals surface area contributed by atoms with Crippen LogP contribution in [0.2, 0.25) is 0 Å². The third kappa shape index (κ3) is 10.5. The Hall–Kier alpha value is -4.15. The zero-order chi connectivity index (χ0) is 31.9. The van der Waals surface area contributed by atoms with Crippen molar-refractivity contribution in [3.05, 3.63) is 108 Å². The number of hydrogen-bond donors (Lipinski definition) is 5. The number of rotatable bonds is 18. The molecular formula is C34H40N4O7. The molecule has 0 bridgehead atoms. The lowest BCUT2D eigenvalue weighted by atomic mass is 9.78. The van der Waals surface area contributed by atoms with Crippen LogP contribution in [0.5, 0.6) is 0 Å². The van der Waals surface area contributed by atoms with Gasteiger partial charge in [0.05, 0.1) is 75.4 Å². The molecule has 45 heavy (non-hydrogen) atoms. The zero-order valence-corrected chi connectivity index (χ0v) is 25.0. The summed E-state index contributed by atoms with van der Waals surface area (Å²) in [6.07, 6.45) is -1.97. The van der Waals surface area contributed by atoms with Crippen LogP contribution in [0.25, 0.3) is 0 Å². The van der Waals surface area contributed by atoms with Gasteiger partial charge in [-0.25, -0.2) is 0 Å². The van der Waals surface area contributed by atoms with E-state index in [1.807, 2.05) is 91.0 Å². The Labute approximate surface area is 263 Å². The Balaban J connectivity index is 1.76. The second-order valence-corrected chi connectivity index (χ2v) is 10.8. The van der Waals surface area contributed by atoms with Crippen molar-refractivity contribution in [2.75, 3.05) is 19.6 Å². The molecule has 0 amide bonds. The summed E-state index contributed by atoms with van der Waals surface area (Å²) in [4.78, 5) is 23.6. The van der Waals surface area contributed by atoms with Crippen LogP contribution in [0.15, 0.2) is 91.0 Å². The molecule has 1 fully saturated rings. The van der Waals surface area contributed by atoms with E-state index in [1.54, 1.807) is 0 Å². The summed E-state index contributed by atoms with van der Waals surface area (Å²) in [5, 5.41) is 38.3. The lowest BCUT2D eigenvalue weighted by Crippen LogP contribution is -2.75. The Morgan fingerprint density at radius 3 is 1.24 bits per heavy atom. The molecule has 2 unspecified atom stereocenters. The Morgan fingerprint density at radius 1 is 0.600 bits per heavy atom. The van der Waals surface area contributed by atoms with Crippen LogP contribution in [0, 0.1) is 11.3 Å². The van der Waals surface area contributed by atoms with Gasteiger partial charge in [-0.3, -0.25) is 20.2 Å². The number of nitrogens with zero attached hydrogens (tertiary/aromatic N) is 1. The third-order valence-electron chi connectivity index (χ3n) is 7.57. The van der Waals surface area contributed by atoms with Gasteiger partial charge >= 0.3 is 11.9 Å². The van der Waals surface area contributed by atoms with Gasteiger partial charge in [-0.15, -0.1) is 0 Å². The number of benzene rings is 3. The molecule has 11 nitrogen and oxygen atoms in total. The summed E-state index contributed by atoms with van der Waals surface area (Å²) in [5.74, 6) is -2.13. The second kappa shape index (κ2) is 18.0. The number of nitriles is 1. The quantitative estimate of drug-likeness (QED) is 0.134. The molecule has 0 aromatic heterocycles. The molecule has 238 valence electrons. The van der Waals surface area contributed by atoms with Crippen LogP contribution in [0.3, 0.4) is 0 Å². The minimum atomic E-state index is -1.06. The number of carboxylic acids is 2. The Kier molecular flexibility index (Phi) is 13.5. The van der Waals surface area contributed by atoms with Crippen LogP contribution in [-0.4, -0.2) is 78.2 Å². The molecule has 11 heteroatoms. The van der Waals surface area contributed by atoms with Crippen LogP contribution in [0.4, 0.5) is 0 Å². The first-order valence-corrected chi connectivity index (χ1v) is 14.9. The van der Waals surface area contributed by atoms with E-state index >= 15 is 0 Å². The SMILES string of the molecule is N#CCCNC1[C@@H](OCc2ccccc2)[C@@H](NCC(=O)O)C(OCc2ccccc2)[C@@H](NCC(=O)O)[C@H]1OCc1ccccc1. The molecule has 0 aliphatic heterocycles. The molecule has 0 saturated heterocycles. The van der Waals surface area contributed by atoms with Crippen molar-refractivity contribution in [3.8, 4) is 6.07 Å². The maximum absolute atomic E-state index is 11.8. The smallest absolute Gasteiger partial charge is 0.317 e. The first kappa shape index (κ1) is 33.7. The van der Waals surface area contributed by atoms with Crippen molar-refractivity contribution in [1.29, 1.82) is 5.26 Å². The van der Waals surface area contributed by atoms with Crippen molar-refractivity contribution < 1.29 is 34.0 Å². The first-order valence-electron chi connectivity index (χ1n) is 14.9. The average Bonchev–Trinajstić information content (AvgIpc) is 3.05. The van der Waals surface area contributed by atoms with Gasteiger partial charge < -0.3 is 29.7 Å². The highest BCUT2D eigenvalue weighted by Crippen LogP contribution is 2.31. The highest BCUT2D eigenvalue weighted by Gasteiger charge is 2.52. The minimum Gasteiger partial charge on any atom is -0.480 e. The van der Waals surface area contributed by atoms with Crippen molar-refractivity contribution in [2.45, 2.75) is 62.7 Å². The molecule has 3 aromatic rings. The van der Waals surface area contributed by atoms with Crippen LogP contribution >= 0.6 is 0 Å². The number of nitrogens with one attached hydrogen (secondary N) is 3. The topological polar surface area (TPSA) is 162 Å². The molecule has 0 heterocycles. The fourth-order valence-corrected chi connectivity index (χ4v) is 5.56. The van der Waals surface area contributed by atoms with Gasteiger partial charge in [0.2, 0.25) is 0 Å². The van der Waals surface area contributed by atoms with E-state index in [0.717, 1.165) is 16.7 Å². The molecule has 0 radical (unpaired) electrons. The van der Waals surface area contributed by atoms with Gasteiger partial charge in [0, 0.05) is 13.0 Å². The van der Waals surface area contributed by atoms with E-state index in [-0.39, 0.29) is 39.3 Å². The summed E-state index contributed by atoms with van der Waals surface area (Å²) in [6.45, 7) is 0.171. The van der Waals surface area contributed by atoms with Gasteiger partial charge in [0.1, 0.15) is 0 Å². The van der Waals surface area contributed by atoms with Crippen molar-refractivity contribution in [1.82, 2.24) is 16.0 Å². The Bertz CT molecular complexity index is 1280. The van der Waals surface area contributed by atoms with E-state index in [9.17, 15) is 25.1 Å². The molecule has 1 aliphatic carbocycles. The lowest BCUT2D eigenvalue weighted by molar-refractivity contribution is -0.166. The lowest BCUT2D eigenvalue weighted by Gasteiger charge is -2.51. The minimum absolute atomic E-state index is 0.186. The van der Waals surface area contributed by atoms with Crippen molar-refractivity contribution in [3.63, 3.8) is 0 Å². The molecule has 6 atom stereocenters. The van der Waals surface area contributed by atoms with Gasteiger partial charge in [-0.2, -0.15) is 5.26 Å². The maximum Gasteiger partial charge on any atom is 0.317 e. The highest BCUT2D eigenvalue weighted by molar-refractivity contribution is 5.69.